The molecular weight excluding hydrogens is 280 g/mol. The number of pyridine rings is 1. The lowest BCUT2D eigenvalue weighted by molar-refractivity contribution is -0.132. The van der Waals surface area contributed by atoms with Gasteiger partial charge in [-0.3, -0.25) is 9.78 Å². The Morgan fingerprint density at radius 3 is 3.00 bits per heavy atom. The quantitative estimate of drug-likeness (QED) is 0.785. The molecule has 1 unspecified atom stereocenters. The smallest absolute Gasteiger partial charge is 0.236 e. The molecule has 0 fully saturated rings. The third kappa shape index (κ3) is 2.68. The number of amides is 1. The molecule has 0 aliphatic carbocycles. The summed E-state index contributed by atoms with van der Waals surface area (Å²) in [6.07, 6.45) is 2.68. The first-order valence-electron chi connectivity index (χ1n) is 5.95. The molecule has 1 aliphatic heterocycles. The Kier molecular flexibility index (Phi) is 3.82. The summed E-state index contributed by atoms with van der Waals surface area (Å²) in [7, 11) is 0. The van der Waals surface area contributed by atoms with Crippen molar-refractivity contribution >= 4 is 21.8 Å². The second-order valence-corrected chi connectivity index (χ2v) is 5.75. The van der Waals surface area contributed by atoms with Gasteiger partial charge >= 0.3 is 0 Å². The lowest BCUT2D eigenvalue weighted by Crippen LogP contribution is -2.41. The van der Waals surface area contributed by atoms with Crippen LogP contribution in [0.1, 0.15) is 25.1 Å². The van der Waals surface area contributed by atoms with Crippen molar-refractivity contribution in [2.45, 2.75) is 31.6 Å². The molecule has 2 heterocycles. The summed E-state index contributed by atoms with van der Waals surface area (Å²) >= 11 is 3.48. The molecule has 1 aliphatic rings. The van der Waals surface area contributed by atoms with E-state index in [0.29, 0.717) is 12.5 Å². The fourth-order valence-electron chi connectivity index (χ4n) is 2.01. The summed E-state index contributed by atoms with van der Waals surface area (Å²) in [6.45, 7) is 5.57. The molecule has 4 heteroatoms. The van der Waals surface area contributed by atoms with Crippen molar-refractivity contribution in [1.29, 1.82) is 0 Å². The summed E-state index contributed by atoms with van der Waals surface area (Å²) in [5, 5.41) is 0. The van der Waals surface area contributed by atoms with Crippen molar-refractivity contribution in [3.63, 3.8) is 0 Å². The van der Waals surface area contributed by atoms with E-state index < -0.39 is 0 Å². The second kappa shape index (κ2) is 5.17. The minimum absolute atomic E-state index is 0.0827. The largest absolute Gasteiger partial charge is 0.337 e. The fraction of sp³-hybridized carbons (Fsp3) is 0.538. The topological polar surface area (TPSA) is 33.2 Å². The zero-order valence-electron chi connectivity index (χ0n) is 10.2. The zero-order valence-corrected chi connectivity index (χ0v) is 11.8. The first-order valence-corrected chi connectivity index (χ1v) is 6.87. The van der Waals surface area contributed by atoms with E-state index >= 15 is 0 Å². The highest BCUT2D eigenvalue weighted by Gasteiger charge is 2.27. The predicted octanol–water partition coefficient (Wildman–Crippen LogP) is 2.39. The first-order chi connectivity index (χ1) is 8.09. The molecule has 0 spiro atoms. The van der Waals surface area contributed by atoms with Gasteiger partial charge in [-0.25, -0.2) is 0 Å². The molecule has 3 nitrogen and oxygen atoms in total. The molecule has 17 heavy (non-hydrogen) atoms. The van der Waals surface area contributed by atoms with E-state index in [1.54, 1.807) is 0 Å². The van der Waals surface area contributed by atoms with Crippen molar-refractivity contribution in [2.24, 2.45) is 5.92 Å². The number of hydrogen-bond acceptors (Lipinski definition) is 2. The third-order valence-corrected chi connectivity index (χ3v) is 4.55. The number of fused-ring (bicyclic) bond motifs is 1. The van der Waals surface area contributed by atoms with Gasteiger partial charge in [-0.05, 0) is 17.5 Å². The maximum absolute atomic E-state index is 12.2. The molecular formula is C13H17BrN2O. The minimum atomic E-state index is -0.0827. The van der Waals surface area contributed by atoms with Gasteiger partial charge in [0.25, 0.3) is 0 Å². The lowest BCUT2D eigenvalue weighted by Gasteiger charge is -2.30. The summed E-state index contributed by atoms with van der Waals surface area (Å²) < 4.78 is 0. The molecule has 0 saturated heterocycles. The highest BCUT2D eigenvalue weighted by Crippen LogP contribution is 2.21. The van der Waals surface area contributed by atoms with E-state index in [1.807, 2.05) is 17.2 Å². The lowest BCUT2D eigenvalue weighted by atomic mass is 10.0. The van der Waals surface area contributed by atoms with Crippen LogP contribution >= 0.6 is 15.9 Å². The van der Waals surface area contributed by atoms with Crippen molar-refractivity contribution in [1.82, 2.24) is 9.88 Å². The molecule has 1 atom stereocenters. The number of carbonyl (C=O) groups is 1. The number of halogens is 1. The number of alkyl halides is 1. The Bertz CT molecular complexity index is 420. The standard InChI is InChI=1S/C13H17BrN2O/c1-9(2)12(14)13(17)16-7-5-11-10(8-16)4-3-6-15-11/h3-4,6,9,12H,5,7-8H2,1-2H3. The van der Waals surface area contributed by atoms with Crippen molar-refractivity contribution in [3.05, 3.63) is 29.6 Å². The first kappa shape index (κ1) is 12.6. The van der Waals surface area contributed by atoms with E-state index in [9.17, 15) is 4.79 Å². The van der Waals surface area contributed by atoms with Gasteiger partial charge in [0.15, 0.2) is 0 Å². The van der Waals surface area contributed by atoms with Crippen LogP contribution < -0.4 is 0 Å². The molecule has 1 amide bonds. The molecule has 0 saturated carbocycles. The molecule has 0 bridgehead atoms. The number of aromatic nitrogens is 1. The molecule has 0 aromatic carbocycles. The Morgan fingerprint density at radius 2 is 2.29 bits per heavy atom. The number of rotatable bonds is 2. The van der Waals surface area contributed by atoms with Crippen LogP contribution in [0.3, 0.4) is 0 Å². The Hall–Kier alpha value is -0.900. The summed E-state index contributed by atoms with van der Waals surface area (Å²) in [5.41, 5.74) is 2.31. The van der Waals surface area contributed by atoms with E-state index in [4.69, 9.17) is 0 Å². The molecule has 0 N–H and O–H groups in total. The Balaban J connectivity index is 2.10. The second-order valence-electron chi connectivity index (χ2n) is 4.76. The number of hydrogen-bond donors (Lipinski definition) is 0. The zero-order chi connectivity index (χ0) is 12.4. The van der Waals surface area contributed by atoms with Gasteiger partial charge < -0.3 is 4.90 Å². The van der Waals surface area contributed by atoms with E-state index in [0.717, 1.165) is 18.7 Å². The predicted molar refractivity (Wildman–Crippen MR) is 70.9 cm³/mol. The minimum Gasteiger partial charge on any atom is -0.337 e. The maximum atomic E-state index is 12.2. The Morgan fingerprint density at radius 1 is 1.53 bits per heavy atom. The van der Waals surface area contributed by atoms with Crippen molar-refractivity contribution in [2.75, 3.05) is 6.54 Å². The summed E-state index contributed by atoms with van der Waals surface area (Å²) in [5.74, 6) is 0.507. The molecule has 92 valence electrons. The average Bonchev–Trinajstić information content (AvgIpc) is 2.36. The Labute approximate surface area is 110 Å². The van der Waals surface area contributed by atoms with Crippen LogP contribution in [0.5, 0.6) is 0 Å². The van der Waals surface area contributed by atoms with Crippen LogP contribution in [0, 0.1) is 5.92 Å². The normalized spacial score (nSPS) is 16.8. The highest BCUT2D eigenvalue weighted by atomic mass is 79.9. The van der Waals surface area contributed by atoms with Crippen LogP contribution in [0.15, 0.2) is 18.3 Å². The van der Waals surface area contributed by atoms with Crippen LogP contribution in [0.4, 0.5) is 0 Å². The SMILES string of the molecule is CC(C)C(Br)C(=O)N1CCc2ncccc2C1. The van der Waals surface area contributed by atoms with Gasteiger partial charge in [0, 0.05) is 31.4 Å². The van der Waals surface area contributed by atoms with Gasteiger partial charge in [0.1, 0.15) is 0 Å². The average molecular weight is 297 g/mol. The fourth-order valence-corrected chi connectivity index (χ4v) is 2.30. The van der Waals surface area contributed by atoms with Gasteiger partial charge in [-0.15, -0.1) is 0 Å². The van der Waals surface area contributed by atoms with Crippen LogP contribution in [0.25, 0.3) is 0 Å². The monoisotopic (exact) mass is 296 g/mol. The van der Waals surface area contributed by atoms with Gasteiger partial charge in [0.2, 0.25) is 5.91 Å². The van der Waals surface area contributed by atoms with Crippen LogP contribution in [-0.2, 0) is 17.8 Å². The third-order valence-electron chi connectivity index (χ3n) is 3.10. The van der Waals surface area contributed by atoms with E-state index in [2.05, 4.69) is 40.8 Å². The molecule has 1 aromatic rings. The maximum Gasteiger partial charge on any atom is 0.236 e. The van der Waals surface area contributed by atoms with Crippen LogP contribution in [-0.4, -0.2) is 27.2 Å². The van der Waals surface area contributed by atoms with Crippen molar-refractivity contribution in [3.8, 4) is 0 Å². The summed E-state index contributed by atoms with van der Waals surface area (Å²) in [6, 6.07) is 3.99. The highest BCUT2D eigenvalue weighted by molar-refractivity contribution is 9.10. The van der Waals surface area contributed by atoms with Gasteiger partial charge in [-0.1, -0.05) is 35.8 Å². The van der Waals surface area contributed by atoms with Crippen LogP contribution in [0.2, 0.25) is 0 Å². The number of carbonyl (C=O) groups excluding carboxylic acids is 1. The summed E-state index contributed by atoms with van der Waals surface area (Å²) in [4.78, 5) is 18.4. The molecule has 2 rings (SSSR count). The van der Waals surface area contributed by atoms with Gasteiger partial charge in [0.05, 0.1) is 4.83 Å². The van der Waals surface area contributed by atoms with Gasteiger partial charge in [-0.2, -0.15) is 0 Å². The molecule has 0 radical (unpaired) electrons. The molecule has 1 aromatic heterocycles. The number of nitrogens with zero attached hydrogens (tertiary/aromatic N) is 2. The van der Waals surface area contributed by atoms with E-state index in [-0.39, 0.29) is 10.7 Å². The van der Waals surface area contributed by atoms with Crippen molar-refractivity contribution < 1.29 is 4.79 Å². The van der Waals surface area contributed by atoms with E-state index in [1.165, 1.54) is 5.56 Å².